The van der Waals surface area contributed by atoms with Gasteiger partial charge in [0.15, 0.2) is 9.84 Å². The minimum absolute atomic E-state index is 0.107. The fourth-order valence-corrected chi connectivity index (χ4v) is 2.38. The highest BCUT2D eigenvalue weighted by atomic mass is 32.2. The van der Waals surface area contributed by atoms with E-state index in [1.54, 1.807) is 30.5 Å². The fourth-order valence-electron chi connectivity index (χ4n) is 1.75. The van der Waals surface area contributed by atoms with Crippen LogP contribution in [-0.4, -0.2) is 24.6 Å². The normalized spacial score (nSPS) is 13.4. The molecular formula is C13H17N3O2S. The molecule has 0 amide bonds. The highest BCUT2D eigenvalue weighted by Crippen LogP contribution is 2.21. The van der Waals surface area contributed by atoms with Crippen molar-refractivity contribution in [1.82, 2.24) is 9.97 Å². The summed E-state index contributed by atoms with van der Waals surface area (Å²) >= 11 is 0. The first kappa shape index (κ1) is 13.8. The molecule has 0 saturated heterocycles. The van der Waals surface area contributed by atoms with Crippen molar-refractivity contribution >= 4 is 9.84 Å². The van der Waals surface area contributed by atoms with Gasteiger partial charge in [-0.25, -0.2) is 13.4 Å². The molecule has 6 heteroatoms. The molecule has 2 rings (SSSR count). The van der Waals surface area contributed by atoms with E-state index in [1.807, 2.05) is 6.92 Å². The maximum absolute atomic E-state index is 11.4. The third kappa shape index (κ3) is 3.02. The number of aromatic amines is 1. The minimum Gasteiger partial charge on any atom is -0.341 e. The Bertz CT molecular complexity index is 659. The number of sulfone groups is 1. The van der Waals surface area contributed by atoms with Crippen LogP contribution in [0.25, 0.3) is 11.3 Å². The second-order valence-corrected chi connectivity index (χ2v) is 6.51. The lowest BCUT2D eigenvalue weighted by Gasteiger charge is -2.04. The molecule has 3 N–H and O–H groups in total. The molecule has 0 bridgehead atoms. The fraction of sp³-hybridized carbons (Fsp3) is 0.308. The van der Waals surface area contributed by atoms with Crippen molar-refractivity contribution in [3.8, 4) is 11.3 Å². The largest absolute Gasteiger partial charge is 0.341 e. The number of benzene rings is 1. The van der Waals surface area contributed by atoms with Crippen molar-refractivity contribution in [1.29, 1.82) is 0 Å². The Kier molecular flexibility index (Phi) is 3.73. The van der Waals surface area contributed by atoms with Gasteiger partial charge in [-0.3, -0.25) is 0 Å². The van der Waals surface area contributed by atoms with Crippen LogP contribution >= 0.6 is 0 Å². The van der Waals surface area contributed by atoms with Crippen molar-refractivity contribution in [3.05, 3.63) is 36.3 Å². The zero-order valence-corrected chi connectivity index (χ0v) is 11.7. The van der Waals surface area contributed by atoms with Crippen molar-refractivity contribution in [2.75, 3.05) is 6.26 Å². The van der Waals surface area contributed by atoms with Gasteiger partial charge in [0.2, 0.25) is 0 Å². The van der Waals surface area contributed by atoms with Gasteiger partial charge in [-0.1, -0.05) is 19.1 Å². The first-order valence-corrected chi connectivity index (χ1v) is 7.92. The van der Waals surface area contributed by atoms with Crippen LogP contribution in [0, 0.1) is 0 Å². The molecule has 1 aromatic heterocycles. The van der Waals surface area contributed by atoms with Gasteiger partial charge in [-0.2, -0.15) is 0 Å². The lowest BCUT2D eigenvalue weighted by Crippen LogP contribution is -2.10. The maximum Gasteiger partial charge on any atom is 0.175 e. The number of nitrogens with one attached hydrogen (secondary N) is 1. The van der Waals surface area contributed by atoms with Gasteiger partial charge in [0.05, 0.1) is 22.8 Å². The first-order valence-electron chi connectivity index (χ1n) is 6.02. The van der Waals surface area contributed by atoms with Crippen molar-refractivity contribution in [3.63, 3.8) is 0 Å². The summed E-state index contributed by atoms with van der Waals surface area (Å²) in [5.41, 5.74) is 7.61. The summed E-state index contributed by atoms with van der Waals surface area (Å²) in [4.78, 5) is 7.70. The standard InChI is InChI=1S/C13H17N3O2S/c1-3-11(14)13-15-8-12(16-13)9-4-6-10(7-5-9)19(2,17)18/h4-8,11H,3,14H2,1-2H3,(H,15,16). The number of rotatable bonds is 4. The molecular weight excluding hydrogens is 262 g/mol. The number of hydrogen-bond donors (Lipinski definition) is 2. The predicted octanol–water partition coefficient (Wildman–Crippen LogP) is 1.89. The van der Waals surface area contributed by atoms with Crippen LogP contribution in [0.2, 0.25) is 0 Å². The van der Waals surface area contributed by atoms with E-state index in [4.69, 9.17) is 5.73 Å². The van der Waals surface area contributed by atoms with Crippen LogP contribution in [0.3, 0.4) is 0 Å². The average Bonchev–Trinajstić information content (AvgIpc) is 2.86. The molecule has 0 aliphatic rings. The number of nitrogens with zero attached hydrogens (tertiary/aromatic N) is 1. The third-order valence-electron chi connectivity index (χ3n) is 2.98. The summed E-state index contributed by atoms with van der Waals surface area (Å²) in [5.74, 6) is 0.740. The molecule has 0 aliphatic heterocycles. The molecule has 2 aromatic rings. The molecule has 0 saturated carbocycles. The third-order valence-corrected chi connectivity index (χ3v) is 4.11. The van der Waals surface area contributed by atoms with Gasteiger partial charge in [0.1, 0.15) is 5.82 Å². The Balaban J connectivity index is 2.30. The van der Waals surface area contributed by atoms with E-state index in [9.17, 15) is 8.42 Å². The summed E-state index contributed by atoms with van der Waals surface area (Å²) in [6.07, 6.45) is 3.71. The van der Waals surface area contributed by atoms with Crippen LogP contribution in [0.1, 0.15) is 25.2 Å². The highest BCUT2D eigenvalue weighted by Gasteiger charge is 2.10. The summed E-state index contributed by atoms with van der Waals surface area (Å²) in [6.45, 7) is 1.99. The van der Waals surface area contributed by atoms with E-state index < -0.39 is 9.84 Å². The summed E-state index contributed by atoms with van der Waals surface area (Å²) in [5, 5.41) is 0. The Morgan fingerprint density at radius 1 is 1.32 bits per heavy atom. The van der Waals surface area contributed by atoms with Crippen molar-refractivity contribution < 1.29 is 8.42 Å². The van der Waals surface area contributed by atoms with E-state index in [-0.39, 0.29) is 6.04 Å². The topological polar surface area (TPSA) is 88.8 Å². The van der Waals surface area contributed by atoms with Gasteiger partial charge in [0, 0.05) is 6.26 Å². The number of aromatic nitrogens is 2. The van der Waals surface area contributed by atoms with Crippen LogP contribution in [0.15, 0.2) is 35.4 Å². The molecule has 1 aromatic carbocycles. The lowest BCUT2D eigenvalue weighted by molar-refractivity contribution is 0.602. The molecule has 1 unspecified atom stereocenters. The van der Waals surface area contributed by atoms with Crippen molar-refractivity contribution in [2.24, 2.45) is 5.73 Å². The van der Waals surface area contributed by atoms with Gasteiger partial charge >= 0.3 is 0 Å². The molecule has 5 nitrogen and oxygen atoms in total. The number of nitrogens with two attached hydrogens (primary N) is 1. The zero-order chi connectivity index (χ0) is 14.0. The van der Waals surface area contributed by atoms with Gasteiger partial charge < -0.3 is 10.7 Å². The summed E-state index contributed by atoms with van der Waals surface area (Å²) in [7, 11) is -3.16. The smallest absolute Gasteiger partial charge is 0.175 e. The van der Waals surface area contributed by atoms with Gasteiger partial charge in [0.25, 0.3) is 0 Å². The molecule has 0 aliphatic carbocycles. The Hall–Kier alpha value is -1.66. The van der Waals surface area contributed by atoms with Crippen LogP contribution in [-0.2, 0) is 9.84 Å². The predicted molar refractivity (Wildman–Crippen MR) is 74.4 cm³/mol. The minimum atomic E-state index is -3.16. The lowest BCUT2D eigenvalue weighted by atomic mass is 10.2. The molecule has 19 heavy (non-hydrogen) atoms. The quantitative estimate of drug-likeness (QED) is 0.894. The average molecular weight is 279 g/mol. The summed E-state index contributed by atoms with van der Waals surface area (Å²) in [6, 6.07) is 6.58. The van der Waals surface area contributed by atoms with Crippen LogP contribution < -0.4 is 5.73 Å². The SMILES string of the molecule is CCC(N)c1ncc(-c2ccc(S(C)(=O)=O)cc2)[nH]1. The van der Waals surface area contributed by atoms with E-state index in [2.05, 4.69) is 9.97 Å². The molecule has 0 fully saturated rings. The van der Waals surface area contributed by atoms with E-state index in [0.717, 1.165) is 23.5 Å². The molecule has 102 valence electrons. The van der Waals surface area contributed by atoms with Crippen LogP contribution in [0.4, 0.5) is 0 Å². The highest BCUT2D eigenvalue weighted by molar-refractivity contribution is 7.90. The number of imidazole rings is 1. The Morgan fingerprint density at radius 2 is 1.95 bits per heavy atom. The molecule has 1 atom stereocenters. The number of hydrogen-bond acceptors (Lipinski definition) is 4. The van der Waals surface area contributed by atoms with Crippen LogP contribution in [0.5, 0.6) is 0 Å². The van der Waals surface area contributed by atoms with Gasteiger partial charge in [-0.15, -0.1) is 0 Å². The first-order chi connectivity index (χ1) is 8.91. The Labute approximate surface area is 112 Å². The maximum atomic E-state index is 11.4. The summed E-state index contributed by atoms with van der Waals surface area (Å²) < 4.78 is 22.8. The van der Waals surface area contributed by atoms with Crippen molar-refractivity contribution in [2.45, 2.75) is 24.3 Å². The Morgan fingerprint density at radius 3 is 2.47 bits per heavy atom. The van der Waals surface area contributed by atoms with E-state index in [0.29, 0.717) is 4.90 Å². The monoisotopic (exact) mass is 279 g/mol. The van der Waals surface area contributed by atoms with Gasteiger partial charge in [-0.05, 0) is 24.1 Å². The second-order valence-electron chi connectivity index (χ2n) is 4.49. The van der Waals surface area contributed by atoms with E-state index in [1.165, 1.54) is 6.26 Å². The zero-order valence-electron chi connectivity index (χ0n) is 10.9. The number of H-pyrrole nitrogens is 1. The molecule has 1 heterocycles. The molecule has 0 radical (unpaired) electrons. The molecule has 0 spiro atoms. The van der Waals surface area contributed by atoms with E-state index >= 15 is 0 Å². The second kappa shape index (κ2) is 5.14.